The van der Waals surface area contributed by atoms with E-state index in [2.05, 4.69) is 5.32 Å². The number of carboxylic acid groups (broad SMARTS) is 1. The quantitative estimate of drug-likeness (QED) is 0.870. The zero-order chi connectivity index (χ0) is 15.0. The molecule has 0 aliphatic heterocycles. The van der Waals surface area contributed by atoms with Crippen molar-refractivity contribution in [3.8, 4) is 5.75 Å². The highest BCUT2D eigenvalue weighted by Gasteiger charge is 2.56. The number of aromatic carboxylic acids is 1. The van der Waals surface area contributed by atoms with Crippen LogP contribution < -0.4 is 10.1 Å². The van der Waals surface area contributed by atoms with Crippen LogP contribution in [0, 0.1) is 17.8 Å². The fourth-order valence-corrected chi connectivity index (χ4v) is 3.54. The molecule has 1 amide bonds. The highest BCUT2D eigenvalue weighted by atomic mass is 16.5. The van der Waals surface area contributed by atoms with Crippen LogP contribution in [-0.2, 0) is 11.3 Å². The minimum Gasteiger partial charge on any atom is -0.496 e. The summed E-state index contributed by atoms with van der Waals surface area (Å²) in [4.78, 5) is 23.1. The Hall–Kier alpha value is -2.04. The second-order valence-electron chi connectivity index (χ2n) is 5.84. The van der Waals surface area contributed by atoms with Gasteiger partial charge in [-0.05, 0) is 42.4 Å². The molecule has 5 nitrogen and oxygen atoms in total. The van der Waals surface area contributed by atoms with E-state index in [1.165, 1.54) is 32.4 Å². The minimum atomic E-state index is -1.02. The van der Waals surface area contributed by atoms with E-state index in [9.17, 15) is 9.59 Å². The number of hydrogen-bond donors (Lipinski definition) is 2. The summed E-state index contributed by atoms with van der Waals surface area (Å²) in [6.45, 7) is 0.408. The number of carbonyl (C=O) groups is 2. The first-order chi connectivity index (χ1) is 10.1. The third-order valence-corrected chi connectivity index (χ3v) is 4.67. The number of nitrogens with one attached hydrogen (secondary N) is 1. The molecule has 0 bridgehead atoms. The molecule has 2 fully saturated rings. The summed E-state index contributed by atoms with van der Waals surface area (Å²) in [7, 11) is 1.44. The van der Waals surface area contributed by atoms with E-state index in [1.54, 1.807) is 12.1 Å². The van der Waals surface area contributed by atoms with Crippen molar-refractivity contribution in [2.45, 2.75) is 25.8 Å². The molecule has 1 aromatic carbocycles. The van der Waals surface area contributed by atoms with Gasteiger partial charge in [0.2, 0.25) is 5.91 Å². The topological polar surface area (TPSA) is 75.6 Å². The monoisotopic (exact) mass is 289 g/mol. The van der Waals surface area contributed by atoms with Crippen LogP contribution in [0.4, 0.5) is 0 Å². The second kappa shape index (κ2) is 5.39. The van der Waals surface area contributed by atoms with Crippen molar-refractivity contribution in [1.29, 1.82) is 0 Å². The summed E-state index contributed by atoms with van der Waals surface area (Å²) in [5.41, 5.74) is 0.973. The molecule has 2 aliphatic rings. The number of hydrogen-bond acceptors (Lipinski definition) is 3. The normalized spacial score (nSPS) is 26.0. The lowest BCUT2D eigenvalue weighted by atomic mass is 10.1. The molecule has 21 heavy (non-hydrogen) atoms. The molecule has 2 N–H and O–H groups in total. The standard InChI is InChI=1S/C16H19NO4/c1-21-13-7-9(5-6-12(13)16(19)20)8-17-15(18)14-10-3-2-4-11(10)14/h5-7,10-11,14H,2-4,8H2,1H3,(H,17,18)(H,19,20)/t10-,11-/m1/s1. The molecule has 1 aromatic rings. The lowest BCUT2D eigenvalue weighted by Crippen LogP contribution is -2.26. The van der Waals surface area contributed by atoms with Gasteiger partial charge in [-0.3, -0.25) is 4.79 Å². The van der Waals surface area contributed by atoms with Gasteiger partial charge in [-0.25, -0.2) is 4.79 Å². The molecular formula is C16H19NO4. The third-order valence-electron chi connectivity index (χ3n) is 4.67. The number of ether oxygens (including phenoxy) is 1. The summed E-state index contributed by atoms with van der Waals surface area (Å²) in [5, 5.41) is 12.0. The molecule has 0 heterocycles. The van der Waals surface area contributed by atoms with Gasteiger partial charge < -0.3 is 15.2 Å². The van der Waals surface area contributed by atoms with Crippen molar-refractivity contribution in [2.75, 3.05) is 7.11 Å². The first-order valence-electron chi connectivity index (χ1n) is 7.29. The van der Waals surface area contributed by atoms with Gasteiger partial charge in [-0.15, -0.1) is 0 Å². The third kappa shape index (κ3) is 2.60. The first kappa shape index (κ1) is 13.9. The molecule has 2 aliphatic carbocycles. The van der Waals surface area contributed by atoms with E-state index >= 15 is 0 Å². The Morgan fingerprint density at radius 1 is 1.33 bits per heavy atom. The second-order valence-corrected chi connectivity index (χ2v) is 5.84. The van der Waals surface area contributed by atoms with Gasteiger partial charge in [-0.1, -0.05) is 12.5 Å². The maximum absolute atomic E-state index is 12.1. The number of fused-ring (bicyclic) bond motifs is 1. The average Bonchev–Trinajstić information content (AvgIpc) is 2.97. The number of carbonyl (C=O) groups excluding carboxylic acids is 1. The number of amides is 1. The van der Waals surface area contributed by atoms with Crippen LogP contribution >= 0.6 is 0 Å². The molecule has 2 atom stereocenters. The maximum atomic E-state index is 12.1. The lowest BCUT2D eigenvalue weighted by molar-refractivity contribution is -0.123. The fourth-order valence-electron chi connectivity index (χ4n) is 3.54. The van der Waals surface area contributed by atoms with E-state index in [1.807, 2.05) is 0 Å². The predicted octanol–water partition coefficient (Wildman–Crippen LogP) is 2.06. The average molecular weight is 289 g/mol. The molecule has 2 saturated carbocycles. The van der Waals surface area contributed by atoms with Crippen LogP contribution in [0.3, 0.4) is 0 Å². The molecule has 0 radical (unpaired) electrons. The predicted molar refractivity (Wildman–Crippen MR) is 76.1 cm³/mol. The fraction of sp³-hybridized carbons (Fsp3) is 0.500. The van der Waals surface area contributed by atoms with E-state index in [4.69, 9.17) is 9.84 Å². The van der Waals surface area contributed by atoms with E-state index < -0.39 is 5.97 Å². The first-order valence-corrected chi connectivity index (χ1v) is 7.29. The van der Waals surface area contributed by atoms with Crippen molar-refractivity contribution in [3.63, 3.8) is 0 Å². The molecule has 112 valence electrons. The van der Waals surface area contributed by atoms with Gasteiger partial charge in [0, 0.05) is 12.5 Å². The van der Waals surface area contributed by atoms with Gasteiger partial charge in [0.1, 0.15) is 11.3 Å². The summed E-state index contributed by atoms with van der Waals surface area (Å²) in [6.07, 6.45) is 3.63. The zero-order valence-corrected chi connectivity index (χ0v) is 12.0. The molecule has 3 rings (SSSR count). The molecule has 0 aromatic heterocycles. The highest BCUT2D eigenvalue weighted by molar-refractivity contribution is 5.91. The number of rotatable bonds is 5. The highest BCUT2D eigenvalue weighted by Crippen LogP contribution is 2.57. The number of methoxy groups -OCH3 is 1. The summed E-state index contributed by atoms with van der Waals surface area (Å²) >= 11 is 0. The molecule has 5 heteroatoms. The molecule has 0 saturated heterocycles. The van der Waals surface area contributed by atoms with Crippen LogP contribution in [0.2, 0.25) is 0 Å². The van der Waals surface area contributed by atoms with Crippen LogP contribution in [0.15, 0.2) is 18.2 Å². The number of benzene rings is 1. The Bertz CT molecular complexity index is 574. The van der Waals surface area contributed by atoms with Crippen molar-refractivity contribution in [3.05, 3.63) is 29.3 Å². The van der Waals surface area contributed by atoms with Crippen molar-refractivity contribution < 1.29 is 19.4 Å². The van der Waals surface area contributed by atoms with Gasteiger partial charge in [0.05, 0.1) is 7.11 Å². The van der Waals surface area contributed by atoms with Gasteiger partial charge >= 0.3 is 5.97 Å². The molecular weight excluding hydrogens is 270 g/mol. The smallest absolute Gasteiger partial charge is 0.339 e. The van der Waals surface area contributed by atoms with Crippen molar-refractivity contribution in [2.24, 2.45) is 17.8 Å². The van der Waals surface area contributed by atoms with Gasteiger partial charge in [-0.2, -0.15) is 0 Å². The van der Waals surface area contributed by atoms with E-state index in [0.717, 1.165) is 5.56 Å². The summed E-state index contributed by atoms with van der Waals surface area (Å²) in [6, 6.07) is 4.88. The summed E-state index contributed by atoms with van der Waals surface area (Å²) in [5.74, 6) is 0.846. The SMILES string of the molecule is COc1cc(CNC(=O)C2[C@@H]3CCC[C@@H]23)ccc1C(=O)O. The minimum absolute atomic E-state index is 0.129. The van der Waals surface area contributed by atoms with Crippen LogP contribution in [0.5, 0.6) is 5.75 Å². The van der Waals surface area contributed by atoms with E-state index in [0.29, 0.717) is 24.1 Å². The van der Waals surface area contributed by atoms with Crippen molar-refractivity contribution >= 4 is 11.9 Å². The largest absolute Gasteiger partial charge is 0.496 e. The Labute approximate surface area is 123 Å². The Balaban J connectivity index is 1.60. The Morgan fingerprint density at radius 2 is 2.05 bits per heavy atom. The van der Waals surface area contributed by atoms with Crippen molar-refractivity contribution in [1.82, 2.24) is 5.32 Å². The van der Waals surface area contributed by atoms with Crippen LogP contribution in [-0.4, -0.2) is 24.1 Å². The van der Waals surface area contributed by atoms with Gasteiger partial charge in [0.25, 0.3) is 0 Å². The van der Waals surface area contributed by atoms with Gasteiger partial charge in [0.15, 0.2) is 0 Å². The molecule has 0 spiro atoms. The van der Waals surface area contributed by atoms with E-state index in [-0.39, 0.29) is 17.4 Å². The molecule has 0 unspecified atom stereocenters. The van der Waals surface area contributed by atoms with Crippen LogP contribution in [0.25, 0.3) is 0 Å². The van der Waals surface area contributed by atoms with Crippen LogP contribution in [0.1, 0.15) is 35.2 Å². The summed E-state index contributed by atoms with van der Waals surface area (Å²) < 4.78 is 5.08. The Morgan fingerprint density at radius 3 is 2.67 bits per heavy atom. The maximum Gasteiger partial charge on any atom is 0.339 e. The lowest BCUT2D eigenvalue weighted by Gasteiger charge is -2.10. The zero-order valence-electron chi connectivity index (χ0n) is 12.0. The number of carboxylic acids is 1. The Kier molecular flexibility index (Phi) is 3.57.